The number of hydrogen-bond acceptors (Lipinski definition) is 4. The smallest absolute Gasteiger partial charge is 0.255 e. The molecule has 0 fully saturated rings. The standard InChI is InChI=1S/C20H16FNO4/c1-25-15-5-6-17-13(10-15)9-12(20(24)22-17)3-7-18(23)16-11-14(21)4-8-19(16)26-2/h3-11H,1-2H3,(H,22,24)/b7-3+. The largest absolute Gasteiger partial charge is 0.497 e. The Labute approximate surface area is 148 Å². The quantitative estimate of drug-likeness (QED) is 0.562. The Morgan fingerprint density at radius 2 is 1.88 bits per heavy atom. The van der Waals surface area contributed by atoms with E-state index in [1.54, 1.807) is 31.4 Å². The van der Waals surface area contributed by atoms with Crippen molar-refractivity contribution in [2.24, 2.45) is 0 Å². The van der Waals surface area contributed by atoms with E-state index in [4.69, 9.17) is 9.47 Å². The zero-order chi connectivity index (χ0) is 18.7. The number of pyridine rings is 1. The number of halogens is 1. The molecular weight excluding hydrogens is 337 g/mol. The summed E-state index contributed by atoms with van der Waals surface area (Å²) in [5.74, 6) is -0.0945. The van der Waals surface area contributed by atoms with Crippen molar-refractivity contribution in [2.75, 3.05) is 14.2 Å². The van der Waals surface area contributed by atoms with Crippen LogP contribution < -0.4 is 15.0 Å². The SMILES string of the molecule is COc1ccc2[nH]c(=O)c(/C=C/C(=O)c3cc(F)ccc3OC)cc2c1. The molecule has 0 aliphatic heterocycles. The number of hydrogen-bond donors (Lipinski definition) is 1. The first kappa shape index (κ1) is 17.4. The van der Waals surface area contributed by atoms with Gasteiger partial charge in [0.15, 0.2) is 5.78 Å². The summed E-state index contributed by atoms with van der Waals surface area (Å²) in [5, 5.41) is 0.763. The Hall–Kier alpha value is -3.41. The fourth-order valence-electron chi connectivity index (χ4n) is 2.58. The molecule has 6 heteroatoms. The van der Waals surface area contributed by atoms with E-state index in [1.165, 1.54) is 31.4 Å². The van der Waals surface area contributed by atoms with Gasteiger partial charge in [-0.15, -0.1) is 0 Å². The van der Waals surface area contributed by atoms with Crippen molar-refractivity contribution in [3.8, 4) is 11.5 Å². The fraction of sp³-hybridized carbons (Fsp3) is 0.100. The first-order valence-corrected chi connectivity index (χ1v) is 7.79. The molecule has 26 heavy (non-hydrogen) atoms. The van der Waals surface area contributed by atoms with Crippen LogP contribution in [0.2, 0.25) is 0 Å². The van der Waals surface area contributed by atoms with Crippen LogP contribution in [0.4, 0.5) is 4.39 Å². The van der Waals surface area contributed by atoms with Gasteiger partial charge in [-0.25, -0.2) is 4.39 Å². The zero-order valence-electron chi connectivity index (χ0n) is 14.2. The lowest BCUT2D eigenvalue weighted by atomic mass is 10.1. The van der Waals surface area contributed by atoms with Gasteiger partial charge in [0.25, 0.3) is 5.56 Å². The second-order valence-electron chi connectivity index (χ2n) is 5.55. The summed E-state index contributed by atoms with van der Waals surface area (Å²) < 4.78 is 23.7. The van der Waals surface area contributed by atoms with Gasteiger partial charge in [-0.05, 0) is 54.6 Å². The van der Waals surface area contributed by atoms with E-state index < -0.39 is 11.6 Å². The maximum Gasteiger partial charge on any atom is 0.255 e. The summed E-state index contributed by atoms with van der Waals surface area (Å²) in [7, 11) is 2.95. The number of ketones is 1. The van der Waals surface area contributed by atoms with Gasteiger partial charge in [0, 0.05) is 16.5 Å². The molecule has 3 aromatic rings. The van der Waals surface area contributed by atoms with Crippen LogP contribution in [0.25, 0.3) is 17.0 Å². The first-order chi connectivity index (χ1) is 12.5. The molecule has 2 aromatic carbocycles. The number of aromatic amines is 1. The number of carbonyl (C=O) groups is 1. The van der Waals surface area contributed by atoms with Gasteiger partial charge in [-0.3, -0.25) is 9.59 Å². The van der Waals surface area contributed by atoms with E-state index in [0.717, 1.165) is 11.5 Å². The molecule has 0 bridgehead atoms. The number of benzene rings is 2. The zero-order valence-corrected chi connectivity index (χ0v) is 14.2. The van der Waals surface area contributed by atoms with E-state index in [2.05, 4.69) is 4.98 Å². The Morgan fingerprint density at radius 3 is 2.62 bits per heavy atom. The van der Waals surface area contributed by atoms with E-state index >= 15 is 0 Å². The Kier molecular flexibility index (Phi) is 4.84. The molecule has 0 saturated heterocycles. The van der Waals surface area contributed by atoms with Crippen molar-refractivity contribution >= 4 is 22.8 Å². The van der Waals surface area contributed by atoms with Crippen LogP contribution in [0.3, 0.4) is 0 Å². The lowest BCUT2D eigenvalue weighted by Gasteiger charge is -2.05. The lowest BCUT2D eigenvalue weighted by molar-refractivity contribution is 0.104. The molecule has 1 aromatic heterocycles. The van der Waals surface area contributed by atoms with Crippen LogP contribution in [0.15, 0.2) is 53.3 Å². The number of nitrogens with one attached hydrogen (secondary N) is 1. The van der Waals surface area contributed by atoms with Crippen molar-refractivity contribution in [3.63, 3.8) is 0 Å². The Morgan fingerprint density at radius 1 is 1.08 bits per heavy atom. The number of fused-ring (bicyclic) bond motifs is 1. The number of ether oxygens (including phenoxy) is 2. The molecule has 0 atom stereocenters. The summed E-state index contributed by atoms with van der Waals surface area (Å²) in [6.45, 7) is 0. The molecule has 1 N–H and O–H groups in total. The summed E-state index contributed by atoms with van der Waals surface area (Å²) >= 11 is 0. The van der Waals surface area contributed by atoms with Crippen molar-refractivity contribution in [1.29, 1.82) is 0 Å². The highest BCUT2D eigenvalue weighted by molar-refractivity contribution is 6.08. The van der Waals surface area contributed by atoms with E-state index in [-0.39, 0.29) is 16.9 Å². The van der Waals surface area contributed by atoms with Crippen LogP contribution in [-0.2, 0) is 0 Å². The number of allylic oxidation sites excluding steroid dienone is 1. The maximum absolute atomic E-state index is 13.4. The number of carbonyl (C=O) groups excluding carboxylic acids is 1. The van der Waals surface area contributed by atoms with Crippen molar-refractivity contribution in [2.45, 2.75) is 0 Å². The summed E-state index contributed by atoms with van der Waals surface area (Å²) in [4.78, 5) is 27.3. The maximum atomic E-state index is 13.4. The predicted octanol–water partition coefficient (Wildman–Crippen LogP) is 3.58. The van der Waals surface area contributed by atoms with Gasteiger partial charge < -0.3 is 14.5 Å². The molecule has 132 valence electrons. The van der Waals surface area contributed by atoms with Crippen molar-refractivity contribution in [1.82, 2.24) is 4.98 Å². The third-order valence-electron chi connectivity index (χ3n) is 3.92. The van der Waals surface area contributed by atoms with Crippen LogP contribution in [0, 0.1) is 5.82 Å². The number of H-pyrrole nitrogens is 1. The van der Waals surface area contributed by atoms with E-state index in [1.807, 2.05) is 0 Å². The molecule has 0 spiro atoms. The lowest BCUT2D eigenvalue weighted by Crippen LogP contribution is -2.09. The molecule has 0 aliphatic rings. The third kappa shape index (κ3) is 3.49. The Balaban J connectivity index is 1.97. The minimum absolute atomic E-state index is 0.0858. The highest BCUT2D eigenvalue weighted by atomic mass is 19.1. The molecule has 0 amide bonds. The molecular formula is C20H16FNO4. The highest BCUT2D eigenvalue weighted by Gasteiger charge is 2.11. The first-order valence-electron chi connectivity index (χ1n) is 7.79. The third-order valence-corrected chi connectivity index (χ3v) is 3.92. The molecule has 1 heterocycles. The van der Waals surface area contributed by atoms with Crippen molar-refractivity contribution < 1.29 is 18.7 Å². The van der Waals surface area contributed by atoms with Crippen LogP contribution >= 0.6 is 0 Å². The minimum atomic E-state index is -0.543. The van der Waals surface area contributed by atoms with Crippen molar-refractivity contribution in [3.05, 3.63) is 75.8 Å². The topological polar surface area (TPSA) is 68.4 Å². The van der Waals surface area contributed by atoms with Crippen LogP contribution in [-0.4, -0.2) is 25.0 Å². The Bertz CT molecular complexity index is 1070. The second kappa shape index (κ2) is 7.23. The highest BCUT2D eigenvalue weighted by Crippen LogP contribution is 2.21. The molecule has 5 nitrogen and oxygen atoms in total. The van der Waals surface area contributed by atoms with Gasteiger partial charge >= 0.3 is 0 Å². The van der Waals surface area contributed by atoms with Gasteiger partial charge in [0.1, 0.15) is 17.3 Å². The van der Waals surface area contributed by atoms with E-state index in [0.29, 0.717) is 16.8 Å². The van der Waals surface area contributed by atoms with Gasteiger partial charge in [0.05, 0.1) is 19.8 Å². The van der Waals surface area contributed by atoms with Crippen LogP contribution in [0.1, 0.15) is 15.9 Å². The number of rotatable bonds is 5. The summed E-state index contributed by atoms with van der Waals surface area (Å²) in [6.07, 6.45) is 2.61. The molecule has 0 unspecified atom stereocenters. The number of aromatic nitrogens is 1. The van der Waals surface area contributed by atoms with Gasteiger partial charge in [-0.2, -0.15) is 0 Å². The molecule has 0 radical (unpaired) electrons. The molecule has 0 aliphatic carbocycles. The molecule has 3 rings (SSSR count). The van der Waals surface area contributed by atoms with Gasteiger partial charge in [0.2, 0.25) is 0 Å². The predicted molar refractivity (Wildman–Crippen MR) is 97.4 cm³/mol. The monoisotopic (exact) mass is 353 g/mol. The molecule has 0 saturated carbocycles. The van der Waals surface area contributed by atoms with E-state index in [9.17, 15) is 14.0 Å². The fourth-order valence-corrected chi connectivity index (χ4v) is 2.58. The number of methoxy groups -OCH3 is 2. The van der Waals surface area contributed by atoms with Crippen LogP contribution in [0.5, 0.6) is 11.5 Å². The second-order valence-corrected chi connectivity index (χ2v) is 5.55. The summed E-state index contributed by atoms with van der Waals surface area (Å²) in [5.41, 5.74) is 0.709. The minimum Gasteiger partial charge on any atom is -0.497 e. The average Bonchev–Trinajstić information content (AvgIpc) is 2.65. The normalized spacial score (nSPS) is 11.0. The average molecular weight is 353 g/mol. The van der Waals surface area contributed by atoms with Gasteiger partial charge in [-0.1, -0.05) is 0 Å². The summed E-state index contributed by atoms with van der Waals surface area (Å²) in [6, 6.07) is 10.6.